The molecule has 0 aromatic carbocycles. The quantitative estimate of drug-likeness (QED) is 0.218. The van der Waals surface area contributed by atoms with Gasteiger partial charge in [-0.3, -0.25) is 0 Å². The fourth-order valence-corrected chi connectivity index (χ4v) is 0. The maximum Gasteiger partial charge on any atom is 3.00 e. The van der Waals surface area contributed by atoms with Gasteiger partial charge in [0.25, 0.3) is 0 Å². The van der Waals surface area contributed by atoms with Gasteiger partial charge < -0.3 is 33.8 Å². The van der Waals surface area contributed by atoms with E-state index in [1.165, 1.54) is 0 Å². The average Bonchev–Trinajstić information content (AvgIpc) is 1.78. The minimum atomic E-state index is 0. The molecule has 0 rings (SSSR count). The van der Waals surface area contributed by atoms with Gasteiger partial charge >= 0.3 is 17.1 Å². The molecule has 0 bridgehead atoms. The molecule has 5 nitrogen and oxygen atoms in total. The van der Waals surface area contributed by atoms with Gasteiger partial charge in [-0.05, 0) is 0 Å². The molecular weight excluding hydrogens is 154 g/mol. The zero-order valence-electron chi connectivity index (χ0n) is 3.51. The maximum absolute atomic E-state index is 8.00. The Morgan fingerprint density at radius 1 is 1.25 bits per heavy atom. The Morgan fingerprint density at radius 2 is 1.25 bits per heavy atom. The molecule has 0 saturated carbocycles. The van der Waals surface area contributed by atoms with Gasteiger partial charge in [0.05, 0.1) is 0 Å². The molecule has 0 heterocycles. The average molecular weight is 154 g/mol. The fourth-order valence-electron chi connectivity index (χ4n) is 0. The molecule has 0 aliphatic heterocycles. The third-order valence-electron chi connectivity index (χ3n) is 0. The summed E-state index contributed by atoms with van der Waals surface area (Å²) in [5.41, 5.74) is 0. The summed E-state index contributed by atoms with van der Waals surface area (Å²) < 4.78 is 0. The molecular formula is C2FeN3O2. The van der Waals surface area contributed by atoms with Crippen LogP contribution >= 0.6 is 0 Å². The van der Waals surface area contributed by atoms with Gasteiger partial charge in [0.2, 0.25) is 0 Å². The second-order valence-corrected chi connectivity index (χ2v) is 0.0745. The molecule has 6 heteroatoms. The number of nitrogens with zero attached hydrogens (tertiary/aromatic N) is 3. The molecule has 0 saturated heterocycles. The molecule has 1 radical (unpaired) electrons. The van der Waals surface area contributed by atoms with Gasteiger partial charge in [-0.2, -0.15) is 0 Å². The fraction of sp³-hybridized carbons (Fsp3) is 0. The Bertz CT molecular complexity index is 54.8. The molecule has 0 spiro atoms. The van der Waals surface area contributed by atoms with Crippen LogP contribution < -0.4 is 0 Å². The molecule has 0 amide bonds. The van der Waals surface area contributed by atoms with Crippen molar-refractivity contribution in [3.05, 3.63) is 23.3 Å². The monoisotopic (exact) mass is 154 g/mol. The Kier molecular flexibility index (Phi) is 50000. The van der Waals surface area contributed by atoms with E-state index in [0.29, 0.717) is 0 Å². The van der Waals surface area contributed by atoms with Gasteiger partial charge in [-0.25, -0.2) is 0 Å². The summed E-state index contributed by atoms with van der Waals surface area (Å²) in [4.78, 5) is 8.00. The molecule has 43 valence electrons. The van der Waals surface area contributed by atoms with E-state index in [9.17, 15) is 0 Å². The van der Waals surface area contributed by atoms with Crippen LogP contribution in [0.1, 0.15) is 0 Å². The van der Waals surface area contributed by atoms with E-state index >= 15 is 0 Å². The van der Waals surface area contributed by atoms with Crippen LogP contribution in [0.5, 0.6) is 0 Å². The third-order valence-corrected chi connectivity index (χ3v) is 0. The number of hydrogen-bond donors (Lipinski definition) is 0. The summed E-state index contributed by atoms with van der Waals surface area (Å²) in [6.07, 6.45) is 0. The van der Waals surface area contributed by atoms with Crippen LogP contribution in [0.2, 0.25) is 0 Å². The topological polar surface area (TPSA) is 100 Å². The van der Waals surface area contributed by atoms with Crippen molar-refractivity contribution < 1.29 is 17.1 Å². The Hall–Kier alpha value is -1.10. The first-order valence-electron chi connectivity index (χ1n) is 0.812. The van der Waals surface area contributed by atoms with Gasteiger partial charge in [0.15, 0.2) is 0 Å². The molecule has 0 aliphatic carbocycles. The zero-order chi connectivity index (χ0) is 6.71. The number of hydrogen-bond acceptors (Lipinski definition) is 5. The van der Waals surface area contributed by atoms with Gasteiger partial charge in [-0.1, -0.05) is 0 Å². The molecule has 0 aromatic rings. The van der Waals surface area contributed by atoms with Gasteiger partial charge in [0, 0.05) is 0 Å². The minimum absolute atomic E-state index is 0. The van der Waals surface area contributed by atoms with Crippen LogP contribution in [0.15, 0.2) is 5.34 Å². The van der Waals surface area contributed by atoms with Crippen molar-refractivity contribution in [3.63, 3.8) is 0 Å². The zero-order valence-corrected chi connectivity index (χ0v) is 4.62. The van der Waals surface area contributed by atoms with Crippen molar-refractivity contribution in [1.82, 2.24) is 0 Å². The summed E-state index contributed by atoms with van der Waals surface area (Å²) in [5, 5.41) is 21.5. The summed E-state index contributed by atoms with van der Waals surface area (Å²) >= 11 is 0. The van der Waals surface area contributed by atoms with Gasteiger partial charge in [-0.15, -0.1) is 5.34 Å². The van der Waals surface area contributed by atoms with Crippen LogP contribution in [0.4, 0.5) is 0 Å². The van der Waals surface area contributed by atoms with Crippen LogP contribution in [-0.2, 0) is 17.1 Å². The number of rotatable bonds is 0. The Morgan fingerprint density at radius 3 is 1.25 bits per heavy atom. The first-order chi connectivity index (χ1) is 3.41. The molecule has 0 fully saturated rings. The minimum Gasteiger partial charge on any atom is -0.512 e. The van der Waals surface area contributed by atoms with Crippen molar-refractivity contribution in [2.24, 2.45) is 5.34 Å². The van der Waals surface area contributed by atoms with Gasteiger partial charge in [0.1, 0.15) is 0 Å². The van der Waals surface area contributed by atoms with E-state index in [4.69, 9.17) is 33.8 Å². The predicted molar refractivity (Wildman–Crippen MR) is 19.1 cm³/mol. The second-order valence-electron chi connectivity index (χ2n) is 0.0745. The van der Waals surface area contributed by atoms with Crippen molar-refractivity contribution in [2.45, 2.75) is 0 Å². The largest absolute Gasteiger partial charge is 3.00 e. The Balaban J connectivity index is -0.0000000147. The van der Waals surface area contributed by atoms with Crippen LogP contribution in [0, 0.1) is 33.8 Å². The van der Waals surface area contributed by atoms with Crippen molar-refractivity contribution in [2.75, 3.05) is 0 Å². The molecule has 0 unspecified atom stereocenters. The van der Waals surface area contributed by atoms with Crippen molar-refractivity contribution in [3.8, 4) is 0 Å². The predicted octanol–water partition coefficient (Wildman–Crippen LogP) is 0.441. The molecule has 0 aromatic heterocycles. The maximum atomic E-state index is 8.00. The molecule has 0 N–H and O–H groups in total. The Labute approximate surface area is 56.9 Å². The second kappa shape index (κ2) is 14000. The molecule has 0 atom stereocenters. The van der Waals surface area contributed by atoms with E-state index < -0.39 is 0 Å². The molecule has 8 heavy (non-hydrogen) atoms. The first-order valence-corrected chi connectivity index (χ1v) is 0.812. The van der Waals surface area contributed by atoms with Crippen molar-refractivity contribution >= 4 is 0 Å². The summed E-state index contributed by atoms with van der Waals surface area (Å²) in [6.45, 7) is 9.50. The van der Waals surface area contributed by atoms with E-state index in [0.717, 1.165) is 5.34 Å². The smallest absolute Gasteiger partial charge is 0.512 e. The summed E-state index contributed by atoms with van der Waals surface area (Å²) in [5.74, 6) is 0. The normalized spacial score (nSPS) is 2.00. The van der Waals surface area contributed by atoms with Crippen LogP contribution in [-0.4, -0.2) is 0 Å². The van der Waals surface area contributed by atoms with E-state index in [2.05, 4.69) is 0 Å². The third kappa shape index (κ3) is 61.5. The van der Waals surface area contributed by atoms with E-state index in [1.54, 1.807) is 0 Å². The SMILES string of the molecule is O=N[O-].[C-]#N.[C-]#N.[Fe+3]. The molecule has 0 aliphatic rings. The van der Waals surface area contributed by atoms with Crippen molar-refractivity contribution in [1.29, 1.82) is 10.5 Å². The standard InChI is InChI=1S/2CN.Fe.HNO2/c2*1-2;;2-1-3/h;;;(H,2,3)/q2*-1;+3;/p-1. The van der Waals surface area contributed by atoms with Crippen LogP contribution in [0.3, 0.4) is 0 Å². The summed E-state index contributed by atoms with van der Waals surface area (Å²) in [6, 6.07) is 0. The van der Waals surface area contributed by atoms with E-state index in [-0.39, 0.29) is 17.1 Å². The van der Waals surface area contributed by atoms with E-state index in [1.807, 2.05) is 0 Å². The first kappa shape index (κ1) is 28.6. The summed E-state index contributed by atoms with van der Waals surface area (Å²) in [7, 11) is 0. The van der Waals surface area contributed by atoms with Crippen LogP contribution in [0.25, 0.3) is 0 Å².